The second-order valence-electron chi connectivity index (χ2n) is 3.42. The molecule has 0 amide bonds. The Morgan fingerprint density at radius 3 is 2.12 bits per heavy atom. The lowest BCUT2D eigenvalue weighted by atomic mass is 10.2. The molecule has 0 aromatic heterocycles. The number of hydrogen-bond acceptors (Lipinski definition) is 3. The van der Waals surface area contributed by atoms with Crippen LogP contribution >= 0.6 is 0 Å². The van der Waals surface area contributed by atoms with Gasteiger partial charge in [-0.2, -0.15) is 0 Å². The molecular formula is C12H18FNO2. The van der Waals surface area contributed by atoms with E-state index in [4.69, 9.17) is 9.47 Å². The van der Waals surface area contributed by atoms with Gasteiger partial charge < -0.3 is 14.4 Å². The third-order valence-electron chi connectivity index (χ3n) is 2.32. The van der Waals surface area contributed by atoms with Crippen molar-refractivity contribution in [1.29, 1.82) is 0 Å². The van der Waals surface area contributed by atoms with Gasteiger partial charge in [-0.3, -0.25) is 0 Å². The molecule has 0 unspecified atom stereocenters. The summed E-state index contributed by atoms with van der Waals surface area (Å²) >= 11 is 0. The van der Waals surface area contributed by atoms with Gasteiger partial charge in [0, 0.05) is 27.3 Å². The number of benzene rings is 1. The molecular weight excluding hydrogens is 209 g/mol. The Kier molecular flexibility index (Phi) is 5.82. The maximum absolute atomic E-state index is 13.6. The van der Waals surface area contributed by atoms with E-state index in [1.54, 1.807) is 26.4 Å². The molecule has 0 radical (unpaired) electrons. The highest BCUT2D eigenvalue weighted by Gasteiger charge is 2.10. The lowest BCUT2D eigenvalue weighted by molar-refractivity contribution is 0.190. The van der Waals surface area contributed by atoms with Gasteiger partial charge in [0.15, 0.2) is 0 Å². The van der Waals surface area contributed by atoms with Crippen LogP contribution in [0.4, 0.5) is 10.1 Å². The van der Waals surface area contributed by atoms with Gasteiger partial charge in [0.25, 0.3) is 0 Å². The van der Waals surface area contributed by atoms with Crippen LogP contribution in [0.3, 0.4) is 0 Å². The van der Waals surface area contributed by atoms with Crippen molar-refractivity contribution in [2.24, 2.45) is 0 Å². The van der Waals surface area contributed by atoms with Crippen molar-refractivity contribution in [3.05, 3.63) is 30.1 Å². The predicted molar refractivity (Wildman–Crippen MR) is 62.4 cm³/mol. The van der Waals surface area contributed by atoms with Gasteiger partial charge in [-0.15, -0.1) is 0 Å². The fraction of sp³-hybridized carbons (Fsp3) is 0.500. The summed E-state index contributed by atoms with van der Waals surface area (Å²) < 4.78 is 23.6. The van der Waals surface area contributed by atoms with E-state index < -0.39 is 0 Å². The first-order valence-electron chi connectivity index (χ1n) is 5.27. The number of hydrogen-bond donors (Lipinski definition) is 0. The van der Waals surface area contributed by atoms with Crippen molar-refractivity contribution < 1.29 is 13.9 Å². The predicted octanol–water partition coefficient (Wildman–Crippen LogP) is 1.92. The van der Waals surface area contributed by atoms with E-state index in [2.05, 4.69) is 0 Å². The summed E-state index contributed by atoms with van der Waals surface area (Å²) in [5.74, 6) is -0.213. The molecule has 0 heterocycles. The minimum absolute atomic E-state index is 0.213. The van der Waals surface area contributed by atoms with E-state index in [1.807, 2.05) is 11.0 Å². The molecule has 3 nitrogen and oxygen atoms in total. The molecule has 0 atom stereocenters. The Labute approximate surface area is 95.8 Å². The average molecular weight is 227 g/mol. The number of para-hydroxylation sites is 1. The number of methoxy groups -OCH3 is 2. The first kappa shape index (κ1) is 12.9. The second kappa shape index (κ2) is 7.19. The van der Waals surface area contributed by atoms with Crippen LogP contribution in [0.2, 0.25) is 0 Å². The zero-order valence-corrected chi connectivity index (χ0v) is 9.78. The summed E-state index contributed by atoms with van der Waals surface area (Å²) in [6, 6.07) is 6.73. The summed E-state index contributed by atoms with van der Waals surface area (Å²) in [4.78, 5) is 1.92. The highest BCUT2D eigenvalue weighted by molar-refractivity contribution is 5.47. The smallest absolute Gasteiger partial charge is 0.146 e. The number of anilines is 1. The Balaban J connectivity index is 2.70. The van der Waals surface area contributed by atoms with Crippen LogP contribution in [-0.4, -0.2) is 40.5 Å². The average Bonchev–Trinajstić information content (AvgIpc) is 2.31. The van der Waals surface area contributed by atoms with Gasteiger partial charge in [0.1, 0.15) is 5.82 Å². The maximum Gasteiger partial charge on any atom is 0.146 e. The van der Waals surface area contributed by atoms with Crippen molar-refractivity contribution in [3.8, 4) is 0 Å². The summed E-state index contributed by atoms with van der Waals surface area (Å²) in [6.07, 6.45) is 0. The third-order valence-corrected chi connectivity index (χ3v) is 2.32. The quantitative estimate of drug-likeness (QED) is 0.710. The molecule has 0 fully saturated rings. The SMILES string of the molecule is COCCN(CCOC)c1ccccc1F. The van der Waals surface area contributed by atoms with Gasteiger partial charge >= 0.3 is 0 Å². The fourth-order valence-electron chi connectivity index (χ4n) is 1.46. The zero-order chi connectivity index (χ0) is 11.8. The van der Waals surface area contributed by atoms with Crippen LogP contribution in [-0.2, 0) is 9.47 Å². The summed E-state index contributed by atoms with van der Waals surface area (Å²) in [5.41, 5.74) is 0.594. The van der Waals surface area contributed by atoms with Crippen molar-refractivity contribution >= 4 is 5.69 Å². The minimum atomic E-state index is -0.213. The number of rotatable bonds is 7. The van der Waals surface area contributed by atoms with Gasteiger partial charge in [0.05, 0.1) is 18.9 Å². The molecule has 1 aromatic carbocycles. The van der Waals surface area contributed by atoms with Gasteiger partial charge in [-0.25, -0.2) is 4.39 Å². The van der Waals surface area contributed by atoms with Crippen molar-refractivity contribution in [2.45, 2.75) is 0 Å². The molecule has 1 aromatic rings. The molecule has 0 aliphatic carbocycles. The monoisotopic (exact) mass is 227 g/mol. The molecule has 0 spiro atoms. The van der Waals surface area contributed by atoms with Gasteiger partial charge in [-0.05, 0) is 12.1 Å². The lowest BCUT2D eigenvalue weighted by Gasteiger charge is -2.24. The van der Waals surface area contributed by atoms with Crippen LogP contribution in [0.15, 0.2) is 24.3 Å². The van der Waals surface area contributed by atoms with E-state index in [1.165, 1.54) is 6.07 Å². The van der Waals surface area contributed by atoms with Crippen LogP contribution in [0.5, 0.6) is 0 Å². The molecule has 90 valence electrons. The molecule has 0 aliphatic heterocycles. The van der Waals surface area contributed by atoms with Crippen molar-refractivity contribution in [1.82, 2.24) is 0 Å². The molecule has 0 N–H and O–H groups in total. The summed E-state index contributed by atoms with van der Waals surface area (Å²) in [6.45, 7) is 2.44. The van der Waals surface area contributed by atoms with E-state index in [0.29, 0.717) is 32.0 Å². The zero-order valence-electron chi connectivity index (χ0n) is 9.78. The van der Waals surface area contributed by atoms with Gasteiger partial charge in [-0.1, -0.05) is 12.1 Å². The topological polar surface area (TPSA) is 21.7 Å². The Morgan fingerprint density at radius 1 is 1.06 bits per heavy atom. The van der Waals surface area contributed by atoms with E-state index in [-0.39, 0.29) is 5.82 Å². The standard InChI is InChI=1S/C12H18FNO2/c1-15-9-7-14(8-10-16-2)12-6-4-3-5-11(12)13/h3-6H,7-10H2,1-2H3. The molecule has 0 saturated carbocycles. The van der Waals surface area contributed by atoms with Crippen LogP contribution in [0.1, 0.15) is 0 Å². The number of halogens is 1. The Hall–Kier alpha value is -1.13. The van der Waals surface area contributed by atoms with E-state index in [9.17, 15) is 4.39 Å². The van der Waals surface area contributed by atoms with Crippen LogP contribution in [0, 0.1) is 5.82 Å². The summed E-state index contributed by atoms with van der Waals surface area (Å²) in [5, 5.41) is 0. The number of nitrogens with zero attached hydrogens (tertiary/aromatic N) is 1. The van der Waals surface area contributed by atoms with Crippen LogP contribution < -0.4 is 4.90 Å². The molecule has 0 saturated heterocycles. The third kappa shape index (κ3) is 3.79. The number of ether oxygens (including phenoxy) is 2. The first-order chi connectivity index (χ1) is 7.79. The molecule has 16 heavy (non-hydrogen) atoms. The Morgan fingerprint density at radius 2 is 1.62 bits per heavy atom. The molecule has 0 bridgehead atoms. The highest BCUT2D eigenvalue weighted by Crippen LogP contribution is 2.17. The van der Waals surface area contributed by atoms with Crippen molar-refractivity contribution in [3.63, 3.8) is 0 Å². The largest absolute Gasteiger partial charge is 0.383 e. The first-order valence-corrected chi connectivity index (χ1v) is 5.27. The lowest BCUT2D eigenvalue weighted by Crippen LogP contribution is -2.31. The fourth-order valence-corrected chi connectivity index (χ4v) is 1.46. The van der Waals surface area contributed by atoms with E-state index >= 15 is 0 Å². The molecule has 4 heteroatoms. The highest BCUT2D eigenvalue weighted by atomic mass is 19.1. The van der Waals surface area contributed by atoms with E-state index in [0.717, 1.165) is 0 Å². The van der Waals surface area contributed by atoms with Crippen LogP contribution in [0.25, 0.3) is 0 Å². The minimum Gasteiger partial charge on any atom is -0.383 e. The van der Waals surface area contributed by atoms with Gasteiger partial charge in [0.2, 0.25) is 0 Å². The second-order valence-corrected chi connectivity index (χ2v) is 3.42. The maximum atomic E-state index is 13.6. The summed E-state index contributed by atoms with van der Waals surface area (Å²) in [7, 11) is 3.27. The molecule has 0 aliphatic rings. The Bertz CT molecular complexity index is 299. The normalized spacial score (nSPS) is 10.4. The van der Waals surface area contributed by atoms with Crippen molar-refractivity contribution in [2.75, 3.05) is 45.4 Å². The molecule has 1 rings (SSSR count).